The van der Waals surface area contributed by atoms with E-state index >= 15 is 8.78 Å². The molecule has 0 radical (unpaired) electrons. The Morgan fingerprint density at radius 1 is 0.313 bits per heavy atom. The van der Waals surface area contributed by atoms with Gasteiger partial charge in [-0.25, -0.2) is 45.6 Å². The first-order valence-corrected chi connectivity index (χ1v) is 37.7. The first-order valence-electron chi connectivity index (χ1n) is 37.7. The first kappa shape index (κ1) is 87.7. The Morgan fingerprint density at radius 2 is 0.600 bits per heavy atom. The van der Waals surface area contributed by atoms with Crippen LogP contribution in [-0.2, 0) is 83.3 Å². The molecule has 115 heavy (non-hydrogen) atoms. The fourth-order valence-electron chi connectivity index (χ4n) is 14.4. The zero-order valence-electron chi connectivity index (χ0n) is 70.4. The number of nitrogens with zero attached hydrogens (tertiary/aromatic N) is 11. The van der Waals surface area contributed by atoms with E-state index in [2.05, 4.69) is 137 Å². The maximum Gasteiger partial charge on any atom is 0.417 e. The predicted molar refractivity (Wildman–Crippen MR) is 430 cm³/mol. The SMILES string of the molecule is Cc1c(-c2cc(C(C)(C)C)cc[n+]2C)c(C(F)(F)F)cc(C(F)(F)F)c1-c1cc(C(C)(C)C)cc[n+]1C.Cc1c(-c2ccccn2)c(F)nc(F)c1-c1cccc[n+]1C.Cc1nc(C)c(-c2cccc[n+]2C)c(C)c1-c1cccc[n+]1C.[C-]#[N+]c1c(F)c(-c2cc(C(C)(C)C)cc[n+]2C)c(C)c(-c2cc(C(C)(C)C)cc[n+]2C)c1F. The van der Waals surface area contributed by atoms with Crippen LogP contribution in [0.4, 0.5) is 49.6 Å². The third-order valence-electron chi connectivity index (χ3n) is 21.0. The summed E-state index contributed by atoms with van der Waals surface area (Å²) in [5, 5.41) is 0. The quantitative estimate of drug-likeness (QED) is 0.0659. The topological polar surface area (TPSA) is 70.2 Å². The van der Waals surface area contributed by atoms with Crippen molar-refractivity contribution in [3.63, 3.8) is 0 Å². The van der Waals surface area contributed by atoms with Crippen LogP contribution in [-0.4, -0.2) is 15.0 Å². The lowest BCUT2D eigenvalue weighted by Crippen LogP contribution is -2.34. The van der Waals surface area contributed by atoms with Gasteiger partial charge in [-0.15, -0.1) is 0 Å². The number of aromatic nitrogens is 10. The van der Waals surface area contributed by atoms with Gasteiger partial charge in [-0.3, -0.25) is 9.97 Å². The van der Waals surface area contributed by atoms with Crippen molar-refractivity contribution in [2.45, 2.75) is 159 Å². The zero-order valence-corrected chi connectivity index (χ0v) is 70.4. The van der Waals surface area contributed by atoms with Crippen molar-refractivity contribution in [3.8, 4) is 90.1 Å². The monoisotopic (exact) mass is 1580 g/mol. The van der Waals surface area contributed by atoms with E-state index in [1.807, 2.05) is 132 Å². The van der Waals surface area contributed by atoms with Gasteiger partial charge in [0.05, 0.1) is 73.7 Å². The maximum atomic E-state index is 15.7. The molecule has 0 fully saturated rings. The molecule has 0 aliphatic carbocycles. The van der Waals surface area contributed by atoms with E-state index in [-0.39, 0.29) is 78.1 Å². The molecule has 11 nitrogen and oxygen atoms in total. The van der Waals surface area contributed by atoms with Crippen LogP contribution in [0.3, 0.4) is 0 Å². The van der Waals surface area contributed by atoms with Gasteiger partial charge in [-0.2, -0.15) is 40.1 Å². The van der Waals surface area contributed by atoms with Gasteiger partial charge < -0.3 is 0 Å². The van der Waals surface area contributed by atoms with E-state index < -0.39 is 52.7 Å². The van der Waals surface area contributed by atoms with Crippen molar-refractivity contribution >= 4 is 5.69 Å². The van der Waals surface area contributed by atoms with Crippen LogP contribution in [0.1, 0.15) is 150 Å². The minimum atomic E-state index is -5.00. The Bertz CT molecular complexity index is 5470. The molecule has 0 aliphatic rings. The lowest BCUT2D eigenvalue weighted by atomic mass is 9.83. The number of benzene rings is 2. The second kappa shape index (κ2) is 33.7. The molecule has 10 heterocycles. The van der Waals surface area contributed by atoms with Crippen LogP contribution in [0.2, 0.25) is 0 Å². The van der Waals surface area contributed by atoms with E-state index in [0.717, 1.165) is 33.6 Å². The molecule has 0 saturated carbocycles. The minimum absolute atomic E-state index is 0.0783. The number of alkyl halides is 6. The summed E-state index contributed by atoms with van der Waals surface area (Å²) >= 11 is 0. The number of hydrogen-bond donors (Lipinski definition) is 0. The molecular weight excluding hydrogens is 1470 g/mol. The van der Waals surface area contributed by atoms with Crippen LogP contribution < -0.4 is 32.0 Å². The summed E-state index contributed by atoms with van der Waals surface area (Å²) in [6.45, 7) is 42.8. The summed E-state index contributed by atoms with van der Waals surface area (Å²) in [6, 6.07) is 38.2. The van der Waals surface area contributed by atoms with E-state index in [9.17, 15) is 35.1 Å². The first-order chi connectivity index (χ1) is 53.4. The Kier molecular flexibility index (Phi) is 25.7. The third kappa shape index (κ3) is 18.8. The summed E-state index contributed by atoms with van der Waals surface area (Å²) in [5.74, 6) is -3.31. The molecule has 0 unspecified atom stereocenters. The minimum Gasteiger partial charge on any atom is -0.257 e. The predicted octanol–water partition coefficient (Wildman–Crippen LogP) is 20.2. The molecule has 10 aromatic heterocycles. The molecule has 0 amide bonds. The van der Waals surface area contributed by atoms with Crippen LogP contribution in [0, 0.1) is 71.6 Å². The van der Waals surface area contributed by atoms with Gasteiger partial charge in [0.1, 0.15) is 66.5 Å². The second-order valence-electron chi connectivity index (χ2n) is 33.5. The van der Waals surface area contributed by atoms with E-state index in [0.29, 0.717) is 33.9 Å². The lowest BCUT2D eigenvalue weighted by Gasteiger charge is -2.24. The Morgan fingerprint density at radius 3 is 0.904 bits per heavy atom. The van der Waals surface area contributed by atoms with E-state index in [1.165, 1.54) is 44.1 Å². The van der Waals surface area contributed by atoms with Crippen LogP contribution in [0.15, 0.2) is 177 Å². The number of pyridine rings is 10. The summed E-state index contributed by atoms with van der Waals surface area (Å²) in [5.41, 5.74) is 11.7. The molecule has 0 N–H and O–H groups in total. The molecular formula is C94H104F10N11+7. The highest BCUT2D eigenvalue weighted by molar-refractivity contribution is 5.83. The highest BCUT2D eigenvalue weighted by atomic mass is 19.4. The zero-order chi connectivity index (χ0) is 85.4. The Labute approximate surface area is 670 Å². The van der Waals surface area contributed by atoms with Gasteiger partial charge >= 0.3 is 12.4 Å². The molecule has 598 valence electrons. The maximum absolute atomic E-state index is 15.7. The van der Waals surface area contributed by atoms with Gasteiger partial charge in [0.25, 0.3) is 5.69 Å². The number of rotatable bonds is 8. The van der Waals surface area contributed by atoms with Gasteiger partial charge in [0.2, 0.25) is 51.8 Å². The van der Waals surface area contributed by atoms with Crippen LogP contribution in [0.25, 0.3) is 94.9 Å². The van der Waals surface area contributed by atoms with Crippen molar-refractivity contribution in [1.82, 2.24) is 15.0 Å². The number of aryl methyl sites for hydroxylation is 9. The molecule has 2 aromatic carbocycles. The molecule has 12 rings (SSSR count). The second-order valence-corrected chi connectivity index (χ2v) is 33.5. The fraction of sp³-hybridized carbons (Fsp3) is 0.330. The smallest absolute Gasteiger partial charge is 0.257 e. The van der Waals surface area contributed by atoms with Crippen molar-refractivity contribution in [1.29, 1.82) is 0 Å². The molecule has 0 atom stereocenters. The lowest BCUT2D eigenvalue weighted by molar-refractivity contribution is -0.661. The highest BCUT2D eigenvalue weighted by Crippen LogP contribution is 2.49. The summed E-state index contributed by atoms with van der Waals surface area (Å²) in [7, 11) is 12.8. The van der Waals surface area contributed by atoms with Crippen LogP contribution in [0.5, 0.6) is 0 Å². The van der Waals surface area contributed by atoms with Crippen molar-refractivity contribution in [2.75, 3.05) is 0 Å². The molecule has 0 saturated heterocycles. The van der Waals surface area contributed by atoms with Crippen LogP contribution >= 0.6 is 0 Å². The molecule has 0 bridgehead atoms. The summed E-state index contributed by atoms with van der Waals surface area (Å²) in [6.07, 6.45) is 4.59. The van der Waals surface area contributed by atoms with Gasteiger partial charge in [0, 0.05) is 91.1 Å². The molecule has 0 aliphatic heterocycles. The largest absolute Gasteiger partial charge is 0.417 e. The molecule has 0 spiro atoms. The molecule has 21 heteroatoms. The summed E-state index contributed by atoms with van der Waals surface area (Å²) in [4.78, 5) is 15.7. The Hall–Kier alpha value is -11.3. The standard InChI is InChI=1S/C29H34F6N2.C28H33F2N3.C20H23N3.C17H14F2N3/c1-17-24(22-14-18(26(2,3)4)10-12-36(22)8)20(28(30,31)32)16-21(29(33,34)35)25(17)23-15-19(27(5,6)7)11-13-37(23)9;1-17-22(20-15-18(27(2,3)4)11-13-32(20)9)24(29)26(31-8)25(30)23(17)21-16-19(28(5,6)7)12-14-33(21)10;1-14-19(17-10-6-8-12-22(17)4)15(2)21-16(3)20(14)18-11-7-9-13-23(18)5;1-11-14(12-7-3-5-9-20-12)16(18)21-17(19)15(11)13-8-4-6-10-22(13)2/h10-16H,1-9H3;11-16H,1-7,9-10H3;6-13H,1-5H3;3-10H,1-2H3/q3*+2;+1. The van der Waals surface area contributed by atoms with E-state index in [1.54, 1.807) is 107 Å². The molecule has 12 aromatic rings. The van der Waals surface area contributed by atoms with Gasteiger partial charge in [-0.1, -0.05) is 89.2 Å². The average molecular weight is 1580 g/mol. The highest BCUT2D eigenvalue weighted by Gasteiger charge is 2.46. The van der Waals surface area contributed by atoms with Crippen molar-refractivity contribution < 1.29 is 75.9 Å². The van der Waals surface area contributed by atoms with Gasteiger partial charge in [-0.05, 0) is 144 Å². The number of halogens is 10. The van der Waals surface area contributed by atoms with Crippen molar-refractivity contribution in [2.24, 2.45) is 49.3 Å². The average Bonchev–Trinajstić information content (AvgIpc) is 0.736. The Balaban J connectivity index is 0.000000179. The normalized spacial score (nSPS) is 11.9. The summed E-state index contributed by atoms with van der Waals surface area (Å²) < 4.78 is 159. The fourth-order valence-corrected chi connectivity index (χ4v) is 14.4. The van der Waals surface area contributed by atoms with Crippen molar-refractivity contribution in [3.05, 3.63) is 279 Å². The number of hydrogen-bond acceptors (Lipinski definition) is 3. The van der Waals surface area contributed by atoms with Gasteiger partial charge in [0.15, 0.2) is 43.4 Å². The third-order valence-corrected chi connectivity index (χ3v) is 21.0. The van der Waals surface area contributed by atoms with E-state index in [4.69, 9.17) is 11.6 Å².